The molecular formula is C24H28F4N8O2. The van der Waals surface area contributed by atoms with Crippen molar-refractivity contribution in [3.05, 3.63) is 30.2 Å². The number of anilines is 2. The van der Waals surface area contributed by atoms with Crippen molar-refractivity contribution in [3.63, 3.8) is 0 Å². The molecule has 3 N–H and O–H groups in total. The van der Waals surface area contributed by atoms with Crippen molar-refractivity contribution in [3.8, 4) is 17.0 Å². The molecule has 2 saturated heterocycles. The first-order valence-corrected chi connectivity index (χ1v) is 12.3. The molecule has 2 aromatic heterocycles. The van der Waals surface area contributed by atoms with Crippen LogP contribution in [0.1, 0.15) is 12.8 Å². The zero-order valence-corrected chi connectivity index (χ0v) is 20.7. The maximum absolute atomic E-state index is 15.3. The molecule has 3 aromatic rings. The minimum atomic E-state index is -3.04. The first kappa shape index (κ1) is 26.1. The van der Waals surface area contributed by atoms with Crippen LogP contribution in [0.15, 0.2) is 29.5 Å². The predicted octanol–water partition coefficient (Wildman–Crippen LogP) is 4.50. The molecule has 0 spiro atoms. The van der Waals surface area contributed by atoms with E-state index < -0.39 is 31.0 Å². The van der Waals surface area contributed by atoms with Crippen LogP contribution in [-0.2, 0) is 4.74 Å². The van der Waals surface area contributed by atoms with E-state index in [1.165, 1.54) is 17.7 Å². The maximum Gasteiger partial charge on any atom is 0.280 e. The number of rotatable bonds is 10. The van der Waals surface area contributed by atoms with E-state index in [0.29, 0.717) is 43.2 Å². The third-order valence-corrected chi connectivity index (χ3v) is 6.85. The number of nitrogens with zero attached hydrogens (tertiary/aromatic N) is 5. The molecule has 0 amide bonds. The van der Waals surface area contributed by atoms with E-state index in [9.17, 15) is 13.2 Å². The number of nitrogens with one attached hydrogen (secondary N) is 3. The lowest BCUT2D eigenvalue weighted by Gasteiger charge is -2.44. The van der Waals surface area contributed by atoms with Gasteiger partial charge in [-0.3, -0.25) is 9.29 Å². The summed E-state index contributed by atoms with van der Waals surface area (Å²) in [5, 5.41) is 13.4. The summed E-state index contributed by atoms with van der Waals surface area (Å²) in [4.78, 5) is 6.01. The fourth-order valence-electron chi connectivity index (χ4n) is 4.77. The zero-order chi connectivity index (χ0) is 26.9. The molecule has 0 radical (unpaired) electrons. The highest BCUT2D eigenvalue weighted by Gasteiger charge is 2.47. The summed E-state index contributed by atoms with van der Waals surface area (Å²) in [5.41, 5.74) is 8.86. The first-order chi connectivity index (χ1) is 18.3. The summed E-state index contributed by atoms with van der Waals surface area (Å²) in [6.07, 6.45) is 1.55. The van der Waals surface area contributed by atoms with Gasteiger partial charge in [0.1, 0.15) is 11.2 Å². The molecule has 0 unspecified atom stereocenters. The molecule has 14 heteroatoms. The van der Waals surface area contributed by atoms with Gasteiger partial charge in [-0.25, -0.2) is 23.2 Å². The van der Waals surface area contributed by atoms with Gasteiger partial charge in [0.15, 0.2) is 5.82 Å². The summed E-state index contributed by atoms with van der Waals surface area (Å²) in [6.45, 7) is 0.796. The Morgan fingerprint density at radius 3 is 2.79 bits per heavy atom. The van der Waals surface area contributed by atoms with Gasteiger partial charge in [0.2, 0.25) is 11.8 Å². The van der Waals surface area contributed by atoms with E-state index >= 15 is 4.39 Å². The van der Waals surface area contributed by atoms with Gasteiger partial charge in [-0.2, -0.15) is 10.1 Å². The topological polar surface area (TPSA) is 112 Å². The van der Waals surface area contributed by atoms with Crippen molar-refractivity contribution in [2.75, 3.05) is 57.3 Å². The van der Waals surface area contributed by atoms with E-state index in [-0.39, 0.29) is 41.8 Å². The summed E-state index contributed by atoms with van der Waals surface area (Å²) in [6, 6.07) is 3.52. The standard InChI is InChI=1S/C24H28F4N8O2/c1-37-22-21-20(14-3-4-17(33-29)18(9-14)30-7-2-6-25)16(26)10-36(21)34-23(32-22)31-19-5-8-35(13-24(19,27)28)15-11-38-12-15/h3-4,9-10,15,19,29-30H,2,5-8,11-13H2,1H3,(H,31,34)/t19-/m1/s1. The van der Waals surface area contributed by atoms with E-state index in [4.69, 9.17) is 15.0 Å². The van der Waals surface area contributed by atoms with Crippen LogP contribution in [0.25, 0.3) is 16.6 Å². The second-order valence-corrected chi connectivity index (χ2v) is 9.31. The monoisotopic (exact) mass is 536 g/mol. The Labute approximate surface area is 215 Å². The van der Waals surface area contributed by atoms with Crippen molar-refractivity contribution in [1.82, 2.24) is 19.5 Å². The Morgan fingerprint density at radius 2 is 2.13 bits per heavy atom. The van der Waals surface area contributed by atoms with Crippen molar-refractivity contribution in [2.24, 2.45) is 5.11 Å². The Hall–Kier alpha value is -3.52. The smallest absolute Gasteiger partial charge is 0.280 e. The normalized spacial score (nSPS) is 19.8. The lowest BCUT2D eigenvalue weighted by molar-refractivity contribution is -0.131. The van der Waals surface area contributed by atoms with Gasteiger partial charge in [-0.05, 0) is 30.5 Å². The number of likely N-dealkylation sites (tertiary alicyclic amines) is 1. The number of methoxy groups -OCH3 is 1. The predicted molar refractivity (Wildman–Crippen MR) is 132 cm³/mol. The van der Waals surface area contributed by atoms with E-state index in [0.717, 1.165) is 6.20 Å². The van der Waals surface area contributed by atoms with Crippen LogP contribution in [0.2, 0.25) is 0 Å². The van der Waals surface area contributed by atoms with Gasteiger partial charge in [0.25, 0.3) is 5.92 Å². The number of piperidine rings is 1. The van der Waals surface area contributed by atoms with E-state index in [1.807, 2.05) is 0 Å². The van der Waals surface area contributed by atoms with Crippen LogP contribution in [-0.4, -0.2) is 84.1 Å². The molecule has 10 nitrogen and oxygen atoms in total. The second kappa shape index (κ2) is 10.7. The number of aromatic nitrogens is 3. The molecule has 2 fully saturated rings. The quantitative estimate of drug-likeness (QED) is 0.199. The Balaban J connectivity index is 1.44. The summed E-state index contributed by atoms with van der Waals surface area (Å²) in [5.74, 6) is -3.79. The molecule has 2 aliphatic rings. The average Bonchev–Trinajstić information content (AvgIpc) is 3.19. The van der Waals surface area contributed by atoms with Crippen molar-refractivity contribution >= 4 is 22.8 Å². The Bertz CT molecular complexity index is 1320. The lowest BCUT2D eigenvalue weighted by Crippen LogP contribution is -2.61. The van der Waals surface area contributed by atoms with Gasteiger partial charge < -0.3 is 20.1 Å². The highest BCUT2D eigenvalue weighted by Crippen LogP contribution is 2.38. The fourth-order valence-corrected chi connectivity index (χ4v) is 4.77. The molecule has 0 bridgehead atoms. The zero-order valence-electron chi connectivity index (χ0n) is 20.7. The number of hydrogen-bond acceptors (Lipinski definition) is 9. The van der Waals surface area contributed by atoms with Gasteiger partial charge in [-0.15, -0.1) is 5.10 Å². The highest BCUT2D eigenvalue weighted by molar-refractivity contribution is 5.88. The Kier molecular flexibility index (Phi) is 7.34. The molecule has 2 aliphatic heterocycles. The molecule has 1 atom stereocenters. The number of fused-ring (bicyclic) bond motifs is 1. The molecule has 1 aromatic carbocycles. The minimum Gasteiger partial charge on any atom is -0.479 e. The van der Waals surface area contributed by atoms with Gasteiger partial charge in [-0.1, -0.05) is 6.07 Å². The van der Waals surface area contributed by atoms with E-state index in [1.54, 1.807) is 17.0 Å². The largest absolute Gasteiger partial charge is 0.479 e. The Morgan fingerprint density at radius 1 is 1.32 bits per heavy atom. The molecule has 4 heterocycles. The molecule has 38 heavy (non-hydrogen) atoms. The number of benzene rings is 1. The number of hydrogen-bond donors (Lipinski definition) is 3. The third kappa shape index (κ3) is 4.97. The molecule has 0 aliphatic carbocycles. The molecule has 204 valence electrons. The lowest BCUT2D eigenvalue weighted by atomic mass is 9.98. The fraction of sp³-hybridized carbons (Fsp3) is 0.500. The molecule has 0 saturated carbocycles. The number of alkyl halides is 3. The first-order valence-electron chi connectivity index (χ1n) is 12.3. The number of ether oxygens (including phenoxy) is 2. The van der Waals surface area contributed by atoms with Crippen LogP contribution in [0.4, 0.5) is 34.9 Å². The van der Waals surface area contributed by atoms with Gasteiger partial charge in [0.05, 0.1) is 63.1 Å². The van der Waals surface area contributed by atoms with Gasteiger partial charge in [0, 0.05) is 13.1 Å². The highest BCUT2D eigenvalue weighted by atomic mass is 19.3. The van der Waals surface area contributed by atoms with E-state index in [2.05, 4.69) is 25.8 Å². The average molecular weight is 537 g/mol. The maximum atomic E-state index is 15.3. The second-order valence-electron chi connectivity index (χ2n) is 9.31. The van der Waals surface area contributed by atoms with Gasteiger partial charge >= 0.3 is 0 Å². The minimum absolute atomic E-state index is 0.00466. The third-order valence-electron chi connectivity index (χ3n) is 6.85. The summed E-state index contributed by atoms with van der Waals surface area (Å²) >= 11 is 0. The van der Waals surface area contributed by atoms with Crippen LogP contribution < -0.4 is 15.4 Å². The summed E-state index contributed by atoms with van der Waals surface area (Å²) < 4.78 is 69.5. The van der Waals surface area contributed by atoms with Crippen LogP contribution in [0.5, 0.6) is 5.88 Å². The summed E-state index contributed by atoms with van der Waals surface area (Å²) in [7, 11) is 1.35. The molecular weight excluding hydrogens is 508 g/mol. The van der Waals surface area contributed by atoms with Crippen molar-refractivity contribution < 1.29 is 27.0 Å². The van der Waals surface area contributed by atoms with Crippen LogP contribution in [0, 0.1) is 11.3 Å². The van der Waals surface area contributed by atoms with Crippen molar-refractivity contribution in [2.45, 2.75) is 30.8 Å². The van der Waals surface area contributed by atoms with Crippen molar-refractivity contribution in [1.29, 1.82) is 5.53 Å². The number of halogens is 4. The molecule has 5 rings (SSSR count). The van der Waals surface area contributed by atoms with Crippen LogP contribution >= 0.6 is 0 Å². The van der Waals surface area contributed by atoms with Crippen LogP contribution in [0.3, 0.4) is 0 Å². The SMILES string of the molecule is COc1nc(N[C@@H]2CCN(C3COC3)CC2(F)F)nn2cc(F)c(-c3ccc(N=N)c(NCCCF)c3)c12.